The summed E-state index contributed by atoms with van der Waals surface area (Å²) in [6, 6.07) is 3.09. The van der Waals surface area contributed by atoms with Crippen molar-refractivity contribution in [2.75, 3.05) is 0 Å². The lowest BCUT2D eigenvalue weighted by Crippen LogP contribution is -2.50. The molecule has 5 nitrogen and oxygen atoms in total. The Balaban J connectivity index is 2.09. The van der Waals surface area contributed by atoms with E-state index in [4.69, 9.17) is 27.9 Å². The Hall–Kier alpha value is -1.21. The first-order valence-electron chi connectivity index (χ1n) is 6.61. The van der Waals surface area contributed by atoms with Gasteiger partial charge in [0, 0.05) is 0 Å². The molecule has 2 aromatic rings. The SMILES string of the molecule is CC(=O)[C@]1(O)[C@H](F)[C@H](n2cnc3cc(Cl)c(Cl)cc32)O[C@@H]1C. The summed E-state index contributed by atoms with van der Waals surface area (Å²) in [5.74, 6) is -0.680. The molecule has 1 N–H and O–H groups in total. The minimum Gasteiger partial charge on any atom is -0.377 e. The topological polar surface area (TPSA) is 64.3 Å². The van der Waals surface area contributed by atoms with E-state index in [0.29, 0.717) is 21.1 Å². The fourth-order valence-corrected chi connectivity index (χ4v) is 3.05. The number of hydrogen-bond donors (Lipinski definition) is 1. The zero-order valence-electron chi connectivity index (χ0n) is 11.8. The van der Waals surface area contributed by atoms with E-state index in [1.807, 2.05) is 0 Å². The second-order valence-corrected chi connectivity index (χ2v) is 6.17. The number of aliphatic hydroxyl groups is 1. The van der Waals surface area contributed by atoms with Gasteiger partial charge in [-0.2, -0.15) is 0 Å². The molecule has 4 atom stereocenters. The van der Waals surface area contributed by atoms with Crippen LogP contribution < -0.4 is 0 Å². The Bertz CT molecular complexity index is 766. The smallest absolute Gasteiger partial charge is 0.184 e. The molecule has 0 aliphatic carbocycles. The number of benzene rings is 1. The molecule has 118 valence electrons. The maximum atomic E-state index is 14.7. The molecule has 0 amide bonds. The third-order valence-corrected chi connectivity index (χ3v) is 4.81. The van der Waals surface area contributed by atoms with Gasteiger partial charge in [-0.25, -0.2) is 9.37 Å². The molecule has 1 aliphatic rings. The number of halogens is 3. The van der Waals surface area contributed by atoms with Crippen LogP contribution in [-0.2, 0) is 9.53 Å². The highest BCUT2D eigenvalue weighted by molar-refractivity contribution is 6.42. The summed E-state index contributed by atoms with van der Waals surface area (Å²) >= 11 is 11.9. The van der Waals surface area contributed by atoms with Crippen molar-refractivity contribution in [3.8, 4) is 0 Å². The van der Waals surface area contributed by atoms with E-state index in [1.54, 1.807) is 6.07 Å². The van der Waals surface area contributed by atoms with Crippen LogP contribution in [-0.4, -0.2) is 38.3 Å². The van der Waals surface area contributed by atoms with E-state index < -0.39 is 29.9 Å². The van der Waals surface area contributed by atoms with Crippen LogP contribution in [0.15, 0.2) is 18.5 Å². The van der Waals surface area contributed by atoms with Gasteiger partial charge in [0.05, 0.1) is 33.5 Å². The van der Waals surface area contributed by atoms with Crippen LogP contribution in [0.4, 0.5) is 4.39 Å². The number of carbonyl (C=O) groups is 1. The maximum absolute atomic E-state index is 14.7. The van der Waals surface area contributed by atoms with Crippen molar-refractivity contribution in [3.63, 3.8) is 0 Å². The van der Waals surface area contributed by atoms with Crippen LogP contribution in [0.2, 0.25) is 10.0 Å². The number of fused-ring (bicyclic) bond motifs is 1. The highest BCUT2D eigenvalue weighted by Crippen LogP contribution is 2.41. The van der Waals surface area contributed by atoms with Crippen molar-refractivity contribution < 1.29 is 19.0 Å². The monoisotopic (exact) mass is 346 g/mol. The van der Waals surface area contributed by atoms with E-state index >= 15 is 0 Å². The molecule has 2 heterocycles. The number of hydrogen-bond acceptors (Lipinski definition) is 4. The molecular formula is C14H13Cl2FN2O3. The maximum Gasteiger partial charge on any atom is 0.184 e. The van der Waals surface area contributed by atoms with Crippen molar-refractivity contribution in [2.24, 2.45) is 0 Å². The number of nitrogens with zero attached hydrogens (tertiary/aromatic N) is 2. The van der Waals surface area contributed by atoms with E-state index in [1.165, 1.54) is 23.9 Å². The largest absolute Gasteiger partial charge is 0.377 e. The minimum absolute atomic E-state index is 0.291. The summed E-state index contributed by atoms with van der Waals surface area (Å²) in [5.41, 5.74) is -1.17. The zero-order chi connectivity index (χ0) is 16.2. The van der Waals surface area contributed by atoms with Gasteiger partial charge in [0.1, 0.15) is 0 Å². The number of aromatic nitrogens is 2. The minimum atomic E-state index is -2.18. The molecule has 1 aromatic carbocycles. The molecular weight excluding hydrogens is 334 g/mol. The van der Waals surface area contributed by atoms with Crippen LogP contribution in [0.3, 0.4) is 0 Å². The third-order valence-electron chi connectivity index (χ3n) is 4.09. The fraction of sp³-hybridized carbons (Fsp3) is 0.429. The third kappa shape index (κ3) is 2.06. The summed E-state index contributed by atoms with van der Waals surface area (Å²) < 4.78 is 21.6. The van der Waals surface area contributed by atoms with Gasteiger partial charge in [-0.05, 0) is 26.0 Å². The Labute approximate surface area is 135 Å². The fourth-order valence-electron chi connectivity index (χ4n) is 2.74. The molecule has 0 saturated carbocycles. The molecule has 0 spiro atoms. The van der Waals surface area contributed by atoms with Crippen LogP contribution in [0.5, 0.6) is 0 Å². The van der Waals surface area contributed by atoms with Gasteiger partial charge in [0.15, 0.2) is 23.8 Å². The summed E-state index contributed by atoms with van der Waals surface area (Å²) in [6.45, 7) is 2.59. The number of ketones is 1. The van der Waals surface area contributed by atoms with E-state index in [9.17, 15) is 14.3 Å². The van der Waals surface area contributed by atoms with E-state index in [0.717, 1.165) is 6.92 Å². The zero-order valence-corrected chi connectivity index (χ0v) is 13.3. The second-order valence-electron chi connectivity index (χ2n) is 5.36. The van der Waals surface area contributed by atoms with Crippen molar-refractivity contribution in [1.82, 2.24) is 9.55 Å². The highest BCUT2D eigenvalue weighted by atomic mass is 35.5. The number of Topliss-reactive ketones (excluding diaryl/α,β-unsaturated/α-hetero) is 1. The molecule has 0 bridgehead atoms. The average Bonchev–Trinajstić information content (AvgIpc) is 2.94. The summed E-state index contributed by atoms with van der Waals surface area (Å²) in [6.07, 6.45) is -2.71. The summed E-state index contributed by atoms with van der Waals surface area (Å²) in [7, 11) is 0. The van der Waals surface area contributed by atoms with E-state index in [2.05, 4.69) is 4.98 Å². The lowest BCUT2D eigenvalue weighted by molar-refractivity contribution is -0.144. The summed E-state index contributed by atoms with van der Waals surface area (Å²) in [5, 5.41) is 10.9. The average molecular weight is 347 g/mol. The molecule has 1 saturated heterocycles. The van der Waals surface area contributed by atoms with Crippen molar-refractivity contribution in [3.05, 3.63) is 28.5 Å². The van der Waals surface area contributed by atoms with Gasteiger partial charge >= 0.3 is 0 Å². The van der Waals surface area contributed by atoms with Crippen molar-refractivity contribution in [1.29, 1.82) is 0 Å². The van der Waals surface area contributed by atoms with Gasteiger partial charge in [-0.1, -0.05) is 23.2 Å². The van der Waals surface area contributed by atoms with Gasteiger partial charge in [-0.15, -0.1) is 0 Å². The predicted molar refractivity (Wildman–Crippen MR) is 79.9 cm³/mol. The lowest BCUT2D eigenvalue weighted by atomic mass is 9.90. The first-order chi connectivity index (χ1) is 10.3. The Kier molecular flexibility index (Phi) is 3.68. The summed E-state index contributed by atoms with van der Waals surface area (Å²) in [4.78, 5) is 15.8. The molecule has 3 rings (SSSR count). The van der Waals surface area contributed by atoms with Crippen molar-refractivity contribution >= 4 is 40.0 Å². The number of carbonyl (C=O) groups excluding carboxylic acids is 1. The standard InChI is InChI=1S/C14H13Cl2FN2O3/c1-6(20)14(21)7(2)22-13(12(14)17)19-5-18-10-3-8(15)9(16)4-11(10)19/h3-5,7,12-13,21H,1-2H3/t7-,12-,13-,14-/m1/s1. The van der Waals surface area contributed by atoms with Gasteiger partial charge < -0.3 is 14.4 Å². The second kappa shape index (κ2) is 5.16. The Morgan fingerprint density at radius 3 is 2.68 bits per heavy atom. The van der Waals surface area contributed by atoms with Crippen LogP contribution in [0, 0.1) is 0 Å². The van der Waals surface area contributed by atoms with Crippen LogP contribution in [0.25, 0.3) is 11.0 Å². The Morgan fingerprint density at radius 2 is 2.09 bits per heavy atom. The molecule has 8 heteroatoms. The quantitative estimate of drug-likeness (QED) is 0.907. The molecule has 22 heavy (non-hydrogen) atoms. The first kappa shape index (κ1) is 15.7. The molecule has 0 radical (unpaired) electrons. The van der Waals surface area contributed by atoms with Gasteiger partial charge in [0.2, 0.25) is 0 Å². The molecule has 0 unspecified atom stereocenters. The molecule has 1 aromatic heterocycles. The number of alkyl halides is 1. The predicted octanol–water partition coefficient (Wildman–Crippen LogP) is 2.92. The van der Waals surface area contributed by atoms with Crippen LogP contribution >= 0.6 is 23.2 Å². The lowest BCUT2D eigenvalue weighted by Gasteiger charge is -2.24. The Morgan fingerprint density at radius 1 is 1.45 bits per heavy atom. The molecule has 1 fully saturated rings. The van der Waals surface area contributed by atoms with Gasteiger partial charge in [0.25, 0.3) is 0 Å². The van der Waals surface area contributed by atoms with Gasteiger partial charge in [-0.3, -0.25) is 4.79 Å². The van der Waals surface area contributed by atoms with E-state index in [-0.39, 0.29) is 0 Å². The highest BCUT2D eigenvalue weighted by Gasteiger charge is 2.58. The van der Waals surface area contributed by atoms with Crippen LogP contribution in [0.1, 0.15) is 20.1 Å². The number of rotatable bonds is 2. The number of imidazole rings is 1. The van der Waals surface area contributed by atoms with Crippen molar-refractivity contribution in [2.45, 2.75) is 38.0 Å². The molecule has 1 aliphatic heterocycles. The first-order valence-corrected chi connectivity index (χ1v) is 7.37. The number of ether oxygens (including phenoxy) is 1. The normalized spacial score (nSPS) is 31.8.